The molecule has 0 atom stereocenters. The zero-order valence-corrected chi connectivity index (χ0v) is 6.82. The normalized spacial score (nSPS) is 13.4. The van der Waals surface area contributed by atoms with Gasteiger partial charge in [-0.15, -0.1) is 13.2 Å². The molecule has 0 aliphatic rings. The molecule has 1 heterocycles. The fraction of sp³-hybridized carbons (Fsp3) is 0.400. The molecule has 0 saturated carbocycles. The Morgan fingerprint density at radius 1 is 1.29 bits per heavy atom. The van der Waals surface area contributed by atoms with Crippen molar-refractivity contribution < 1.29 is 26.1 Å². The summed E-state index contributed by atoms with van der Waals surface area (Å²) in [5.74, 6) is 0. The summed E-state index contributed by atoms with van der Waals surface area (Å²) in [6.07, 6.45) is -4.96. The lowest BCUT2D eigenvalue weighted by atomic mass is 9.81. The Labute approximate surface area is 74.6 Å². The molecule has 0 bridgehead atoms. The van der Waals surface area contributed by atoms with Crippen LogP contribution < -0.4 is 5.46 Å². The van der Waals surface area contributed by atoms with Gasteiger partial charge in [0.2, 0.25) is 0 Å². The predicted molar refractivity (Wildman–Crippen MR) is 37.0 cm³/mol. The van der Waals surface area contributed by atoms with Crippen molar-refractivity contribution in [3.8, 4) is 0 Å². The summed E-state index contributed by atoms with van der Waals surface area (Å²) in [4.78, 5) is 0. The standard InChI is InChI=1S/C5H4BF6N2/c1-3-4(6(10,11)12)2-14(13-3)5(7,8)9/h2H,1H3/q-1. The van der Waals surface area contributed by atoms with E-state index in [0.717, 1.165) is 6.92 Å². The number of hydrogen-bond acceptors (Lipinski definition) is 1. The number of rotatable bonds is 1. The molecule has 0 aromatic carbocycles. The maximum absolute atomic E-state index is 12.1. The summed E-state index contributed by atoms with van der Waals surface area (Å²) in [6.45, 7) is -4.56. The Hall–Kier alpha value is -1.15. The van der Waals surface area contributed by atoms with E-state index in [4.69, 9.17) is 0 Å². The van der Waals surface area contributed by atoms with Crippen LogP contribution >= 0.6 is 0 Å². The van der Waals surface area contributed by atoms with Crippen LogP contribution in [-0.4, -0.2) is 16.8 Å². The Bertz CT molecular complexity index is 337. The van der Waals surface area contributed by atoms with Crippen molar-refractivity contribution in [3.63, 3.8) is 0 Å². The van der Waals surface area contributed by atoms with E-state index in [1.165, 1.54) is 0 Å². The van der Waals surface area contributed by atoms with Gasteiger partial charge >= 0.3 is 13.3 Å². The highest BCUT2D eigenvalue weighted by Crippen LogP contribution is 2.21. The molecule has 1 aromatic heterocycles. The van der Waals surface area contributed by atoms with E-state index in [-0.39, 0.29) is 6.20 Å². The highest BCUT2D eigenvalue weighted by atomic mass is 19.4. The highest BCUT2D eigenvalue weighted by Gasteiger charge is 2.36. The van der Waals surface area contributed by atoms with Crippen molar-refractivity contribution in [3.05, 3.63) is 11.9 Å². The first kappa shape index (κ1) is 10.9. The van der Waals surface area contributed by atoms with Crippen LogP contribution in [0.3, 0.4) is 0 Å². The highest BCUT2D eigenvalue weighted by molar-refractivity contribution is 6.73. The monoisotopic (exact) mass is 217 g/mol. The van der Waals surface area contributed by atoms with Gasteiger partial charge in [0, 0.05) is 11.9 Å². The Morgan fingerprint density at radius 3 is 2.00 bits per heavy atom. The molecule has 0 spiro atoms. The summed E-state index contributed by atoms with van der Waals surface area (Å²) in [7, 11) is 0. The maximum atomic E-state index is 12.1. The molecule has 14 heavy (non-hydrogen) atoms. The summed E-state index contributed by atoms with van der Waals surface area (Å²) >= 11 is 0. The first-order chi connectivity index (χ1) is 6.12. The lowest BCUT2D eigenvalue weighted by molar-refractivity contribution is -0.212. The van der Waals surface area contributed by atoms with E-state index in [0.29, 0.717) is 0 Å². The van der Waals surface area contributed by atoms with Gasteiger partial charge in [-0.05, 0) is 6.92 Å². The average molecular weight is 217 g/mol. The van der Waals surface area contributed by atoms with Crippen molar-refractivity contribution in [2.75, 3.05) is 0 Å². The molecule has 0 radical (unpaired) electrons. The second kappa shape index (κ2) is 2.92. The quantitative estimate of drug-likeness (QED) is 0.517. The molecule has 0 aliphatic heterocycles. The molecule has 2 nitrogen and oxygen atoms in total. The van der Waals surface area contributed by atoms with Gasteiger partial charge in [0.25, 0.3) is 0 Å². The van der Waals surface area contributed by atoms with Crippen LogP contribution in [0.4, 0.5) is 26.1 Å². The predicted octanol–water partition coefficient (Wildman–Crippen LogP) is 1.72. The van der Waals surface area contributed by atoms with Gasteiger partial charge in [-0.3, -0.25) is 0 Å². The third-order valence-corrected chi connectivity index (χ3v) is 1.55. The molecule has 1 rings (SSSR count). The van der Waals surface area contributed by atoms with Gasteiger partial charge < -0.3 is 12.9 Å². The second-order valence-corrected chi connectivity index (χ2v) is 2.66. The zero-order valence-electron chi connectivity index (χ0n) is 6.82. The molecule has 0 unspecified atom stereocenters. The fourth-order valence-corrected chi connectivity index (χ4v) is 0.925. The number of aromatic nitrogens is 2. The minimum Gasteiger partial charge on any atom is -0.445 e. The molecule has 0 aliphatic carbocycles. The Morgan fingerprint density at radius 2 is 1.79 bits per heavy atom. The molecule has 0 fully saturated rings. The summed E-state index contributed by atoms with van der Waals surface area (Å²) in [5, 5.41) is 2.74. The lowest BCUT2D eigenvalue weighted by Crippen LogP contribution is -2.35. The van der Waals surface area contributed by atoms with Gasteiger partial charge in [0.15, 0.2) is 0 Å². The third-order valence-electron chi connectivity index (χ3n) is 1.55. The van der Waals surface area contributed by atoms with Gasteiger partial charge in [0.1, 0.15) is 0 Å². The molecule has 0 saturated heterocycles. The molecule has 0 amide bonds. The first-order valence-electron chi connectivity index (χ1n) is 3.45. The molecule has 0 N–H and O–H groups in total. The number of aryl methyl sites for hydroxylation is 1. The van der Waals surface area contributed by atoms with Crippen LogP contribution in [0.1, 0.15) is 5.69 Å². The SMILES string of the molecule is Cc1nn(C(F)(F)F)cc1[B-](F)(F)F. The third kappa shape index (κ3) is 2.02. The van der Waals surface area contributed by atoms with Gasteiger partial charge in [-0.1, -0.05) is 5.46 Å². The van der Waals surface area contributed by atoms with Crippen molar-refractivity contribution in [2.45, 2.75) is 13.2 Å². The van der Waals surface area contributed by atoms with Crippen LogP contribution in [0.2, 0.25) is 0 Å². The van der Waals surface area contributed by atoms with Crippen LogP contribution in [-0.2, 0) is 6.30 Å². The number of nitrogens with zero attached hydrogens (tertiary/aromatic N) is 2. The van der Waals surface area contributed by atoms with Crippen molar-refractivity contribution in [1.82, 2.24) is 9.78 Å². The van der Waals surface area contributed by atoms with Gasteiger partial charge in [-0.25, -0.2) is 0 Å². The van der Waals surface area contributed by atoms with Crippen LogP contribution in [0.25, 0.3) is 0 Å². The van der Waals surface area contributed by atoms with Crippen molar-refractivity contribution in [2.24, 2.45) is 0 Å². The maximum Gasteiger partial charge on any atom is 0.512 e. The van der Waals surface area contributed by atoms with Crippen molar-refractivity contribution >= 4 is 12.4 Å². The largest absolute Gasteiger partial charge is 0.512 e. The summed E-state index contributed by atoms with van der Waals surface area (Å²) in [5.41, 5.74) is -1.99. The Kier molecular flexibility index (Phi) is 2.28. The minimum atomic E-state index is -5.45. The number of alkyl halides is 3. The van der Waals surface area contributed by atoms with E-state index < -0.39 is 29.1 Å². The van der Waals surface area contributed by atoms with Crippen LogP contribution in [0, 0.1) is 6.92 Å². The topological polar surface area (TPSA) is 17.8 Å². The van der Waals surface area contributed by atoms with Gasteiger partial charge in [-0.2, -0.15) is 9.78 Å². The van der Waals surface area contributed by atoms with Crippen molar-refractivity contribution in [1.29, 1.82) is 0 Å². The minimum absolute atomic E-state index is 0.0463. The molecular weight excluding hydrogens is 213 g/mol. The lowest BCUT2D eigenvalue weighted by Gasteiger charge is -2.12. The van der Waals surface area contributed by atoms with Gasteiger partial charge in [0.05, 0.1) is 0 Å². The molecule has 9 heteroatoms. The molecule has 1 aromatic rings. The fourth-order valence-electron chi connectivity index (χ4n) is 0.925. The molecular formula is C5H4BF6N2-. The van der Waals surface area contributed by atoms with E-state index in [2.05, 4.69) is 5.10 Å². The average Bonchev–Trinajstić information content (AvgIpc) is 2.27. The number of halogens is 6. The van der Waals surface area contributed by atoms with E-state index in [9.17, 15) is 26.1 Å². The second-order valence-electron chi connectivity index (χ2n) is 2.66. The number of hydrogen-bond donors (Lipinski definition) is 0. The Balaban J connectivity index is 3.19. The zero-order chi connectivity index (χ0) is 11.1. The van der Waals surface area contributed by atoms with Crippen LogP contribution in [0.15, 0.2) is 6.20 Å². The first-order valence-corrected chi connectivity index (χ1v) is 3.45. The van der Waals surface area contributed by atoms with E-state index in [1.54, 1.807) is 0 Å². The summed E-state index contributed by atoms with van der Waals surface area (Å²) < 4.78 is 71.4. The van der Waals surface area contributed by atoms with E-state index >= 15 is 0 Å². The smallest absolute Gasteiger partial charge is 0.445 e. The molecule has 80 valence electrons. The van der Waals surface area contributed by atoms with Crippen LogP contribution in [0.5, 0.6) is 0 Å². The van der Waals surface area contributed by atoms with E-state index in [1.807, 2.05) is 0 Å². The summed E-state index contributed by atoms with van der Waals surface area (Å²) in [6, 6.07) is 0.